The van der Waals surface area contributed by atoms with E-state index in [1.54, 1.807) is 7.11 Å². The van der Waals surface area contributed by atoms with Crippen LogP contribution in [0, 0.1) is 5.92 Å². The quantitative estimate of drug-likeness (QED) is 0.670. The van der Waals surface area contributed by atoms with Crippen molar-refractivity contribution >= 4 is 16.7 Å². The summed E-state index contributed by atoms with van der Waals surface area (Å²) in [6, 6.07) is 12.6. The molecule has 0 aliphatic carbocycles. The molecule has 0 spiro atoms. The summed E-state index contributed by atoms with van der Waals surface area (Å²) in [6.45, 7) is 10.6. The number of methoxy groups -OCH3 is 1. The van der Waals surface area contributed by atoms with Crippen molar-refractivity contribution in [3.05, 3.63) is 42.0 Å². The first-order valence-corrected chi connectivity index (χ1v) is 11.2. The molecule has 1 saturated heterocycles. The zero-order valence-corrected chi connectivity index (χ0v) is 18.8. The van der Waals surface area contributed by atoms with Crippen molar-refractivity contribution < 1.29 is 14.3 Å². The zero-order chi connectivity index (χ0) is 21.5. The van der Waals surface area contributed by atoms with Crippen LogP contribution in [0.5, 0.6) is 5.75 Å². The highest BCUT2D eigenvalue weighted by atomic mass is 16.5. The maximum atomic E-state index is 13.0. The molecule has 1 fully saturated rings. The third kappa shape index (κ3) is 5.32. The lowest BCUT2D eigenvalue weighted by Gasteiger charge is -2.39. The van der Waals surface area contributed by atoms with E-state index in [-0.39, 0.29) is 11.8 Å². The van der Waals surface area contributed by atoms with Crippen LogP contribution in [0.1, 0.15) is 45.1 Å². The average molecular weight is 413 g/mol. The lowest BCUT2D eigenvalue weighted by molar-refractivity contribution is -0.122. The molecule has 2 atom stereocenters. The highest BCUT2D eigenvalue weighted by Crippen LogP contribution is 2.26. The number of amides is 1. The Hall–Kier alpha value is -2.11. The van der Waals surface area contributed by atoms with Gasteiger partial charge in [0, 0.05) is 25.7 Å². The highest BCUT2D eigenvalue weighted by molar-refractivity contribution is 5.88. The molecule has 30 heavy (non-hydrogen) atoms. The Morgan fingerprint density at radius 3 is 2.43 bits per heavy atom. The summed E-state index contributed by atoms with van der Waals surface area (Å²) in [7, 11) is 1.67. The van der Waals surface area contributed by atoms with Gasteiger partial charge in [-0.15, -0.1) is 0 Å². The third-order valence-corrected chi connectivity index (χ3v) is 6.56. The molecule has 0 radical (unpaired) electrons. The van der Waals surface area contributed by atoms with E-state index in [0.29, 0.717) is 18.5 Å². The van der Waals surface area contributed by atoms with Gasteiger partial charge in [-0.1, -0.05) is 51.0 Å². The molecule has 2 aromatic rings. The molecule has 1 amide bonds. The van der Waals surface area contributed by atoms with Crippen molar-refractivity contribution in [1.82, 2.24) is 10.2 Å². The van der Waals surface area contributed by atoms with Gasteiger partial charge in [-0.3, -0.25) is 9.69 Å². The number of ether oxygens (including phenoxy) is 2. The molecule has 2 aromatic carbocycles. The number of carbonyl (C=O) groups is 1. The molecule has 1 heterocycles. The first-order valence-electron chi connectivity index (χ1n) is 11.2. The number of rotatable bonds is 9. The van der Waals surface area contributed by atoms with Crippen LogP contribution in [-0.4, -0.2) is 56.8 Å². The van der Waals surface area contributed by atoms with E-state index < -0.39 is 0 Å². The molecule has 0 bridgehead atoms. The molecule has 1 aliphatic rings. The molecule has 0 saturated carbocycles. The van der Waals surface area contributed by atoms with Crippen LogP contribution in [0.15, 0.2) is 36.4 Å². The van der Waals surface area contributed by atoms with Crippen molar-refractivity contribution in [3.63, 3.8) is 0 Å². The van der Waals surface area contributed by atoms with Crippen molar-refractivity contribution in [2.45, 2.75) is 45.6 Å². The average Bonchev–Trinajstić information content (AvgIpc) is 2.80. The Labute approximate surface area is 180 Å². The van der Waals surface area contributed by atoms with Crippen LogP contribution < -0.4 is 10.1 Å². The van der Waals surface area contributed by atoms with Crippen molar-refractivity contribution in [2.24, 2.45) is 5.92 Å². The molecular weight excluding hydrogens is 376 g/mol. The summed E-state index contributed by atoms with van der Waals surface area (Å²) >= 11 is 0. The van der Waals surface area contributed by atoms with E-state index in [0.717, 1.165) is 61.2 Å². The first kappa shape index (κ1) is 22.6. The number of benzene rings is 2. The number of fused-ring (bicyclic) bond motifs is 1. The second-order valence-corrected chi connectivity index (χ2v) is 8.23. The third-order valence-electron chi connectivity index (χ3n) is 6.56. The van der Waals surface area contributed by atoms with E-state index in [4.69, 9.17) is 9.47 Å². The summed E-state index contributed by atoms with van der Waals surface area (Å²) in [5, 5.41) is 5.49. The smallest absolute Gasteiger partial charge is 0.227 e. The summed E-state index contributed by atoms with van der Waals surface area (Å²) in [4.78, 5) is 15.5. The van der Waals surface area contributed by atoms with Crippen molar-refractivity contribution in [1.29, 1.82) is 0 Å². The van der Waals surface area contributed by atoms with Gasteiger partial charge in [0.25, 0.3) is 0 Å². The van der Waals surface area contributed by atoms with Gasteiger partial charge < -0.3 is 14.8 Å². The van der Waals surface area contributed by atoms with E-state index >= 15 is 0 Å². The Kier molecular flexibility index (Phi) is 8.11. The van der Waals surface area contributed by atoms with Gasteiger partial charge in [0.05, 0.1) is 26.2 Å². The fourth-order valence-corrected chi connectivity index (χ4v) is 4.48. The van der Waals surface area contributed by atoms with Crippen LogP contribution in [0.2, 0.25) is 0 Å². The number of hydrogen-bond donors (Lipinski definition) is 1. The minimum absolute atomic E-state index is 0.0899. The van der Waals surface area contributed by atoms with E-state index in [1.807, 2.05) is 31.2 Å². The molecular formula is C25H36N2O3. The van der Waals surface area contributed by atoms with Gasteiger partial charge in [0.2, 0.25) is 5.91 Å². The van der Waals surface area contributed by atoms with Gasteiger partial charge in [0.15, 0.2) is 0 Å². The molecule has 5 nitrogen and oxygen atoms in total. The fraction of sp³-hybridized carbons (Fsp3) is 0.560. The number of nitrogens with zero attached hydrogens (tertiary/aromatic N) is 1. The van der Waals surface area contributed by atoms with E-state index in [1.165, 1.54) is 0 Å². The Morgan fingerprint density at radius 2 is 1.77 bits per heavy atom. The lowest BCUT2D eigenvalue weighted by Crippen LogP contribution is -2.52. The minimum Gasteiger partial charge on any atom is -0.497 e. The van der Waals surface area contributed by atoms with Crippen LogP contribution in [-0.2, 0) is 9.53 Å². The number of carbonyl (C=O) groups excluding carboxylic acids is 1. The first-order chi connectivity index (χ1) is 14.6. The predicted octanol–water partition coefficient (Wildman–Crippen LogP) is 4.21. The molecule has 1 unspecified atom stereocenters. The normalized spacial score (nSPS) is 17.1. The monoisotopic (exact) mass is 412 g/mol. The van der Waals surface area contributed by atoms with Crippen molar-refractivity contribution in [2.75, 3.05) is 40.0 Å². The molecule has 3 rings (SSSR count). The SMILES string of the molecule is CCC(CC)C(CNC(=O)[C@@H](C)c1ccc2cc(OC)ccc2c1)N1CCOCC1. The maximum absolute atomic E-state index is 13.0. The zero-order valence-electron chi connectivity index (χ0n) is 18.8. The predicted molar refractivity (Wildman–Crippen MR) is 122 cm³/mol. The van der Waals surface area contributed by atoms with Gasteiger partial charge in [0.1, 0.15) is 5.75 Å². The van der Waals surface area contributed by atoms with Crippen LogP contribution in [0.25, 0.3) is 10.8 Å². The number of morpholine rings is 1. The number of nitrogens with one attached hydrogen (secondary N) is 1. The van der Waals surface area contributed by atoms with Crippen LogP contribution >= 0.6 is 0 Å². The summed E-state index contributed by atoms with van der Waals surface area (Å²) in [5.41, 5.74) is 1.04. The molecule has 1 aliphatic heterocycles. The highest BCUT2D eigenvalue weighted by Gasteiger charge is 2.28. The molecule has 5 heteroatoms. The van der Waals surface area contributed by atoms with Gasteiger partial charge >= 0.3 is 0 Å². The second-order valence-electron chi connectivity index (χ2n) is 8.23. The van der Waals surface area contributed by atoms with E-state index in [2.05, 4.69) is 36.2 Å². The molecule has 0 aromatic heterocycles. The van der Waals surface area contributed by atoms with Crippen LogP contribution in [0.3, 0.4) is 0 Å². The Balaban J connectivity index is 1.67. The number of hydrogen-bond acceptors (Lipinski definition) is 4. The Morgan fingerprint density at radius 1 is 1.10 bits per heavy atom. The fourth-order valence-electron chi connectivity index (χ4n) is 4.48. The van der Waals surface area contributed by atoms with Gasteiger partial charge in [-0.05, 0) is 41.3 Å². The maximum Gasteiger partial charge on any atom is 0.227 e. The van der Waals surface area contributed by atoms with Crippen LogP contribution in [0.4, 0.5) is 0 Å². The summed E-state index contributed by atoms with van der Waals surface area (Å²) in [6.07, 6.45) is 2.25. The Bertz CT molecular complexity index is 828. The second kappa shape index (κ2) is 10.8. The summed E-state index contributed by atoms with van der Waals surface area (Å²) in [5.74, 6) is 1.32. The molecule has 1 N–H and O–H groups in total. The van der Waals surface area contributed by atoms with Gasteiger partial charge in [-0.25, -0.2) is 0 Å². The van der Waals surface area contributed by atoms with Gasteiger partial charge in [-0.2, -0.15) is 0 Å². The summed E-state index contributed by atoms with van der Waals surface area (Å²) < 4.78 is 10.8. The standard InChI is InChI=1S/C25H36N2O3/c1-5-19(6-2)24(27-11-13-30-14-12-27)17-26-25(28)18(3)20-7-8-22-16-23(29-4)10-9-21(22)15-20/h7-10,15-16,18-19,24H,5-6,11-14,17H2,1-4H3,(H,26,28)/t18-,24?/m0/s1. The topological polar surface area (TPSA) is 50.8 Å². The lowest BCUT2D eigenvalue weighted by atomic mass is 9.92. The van der Waals surface area contributed by atoms with Crippen molar-refractivity contribution in [3.8, 4) is 5.75 Å². The molecule has 164 valence electrons. The largest absolute Gasteiger partial charge is 0.497 e. The van der Waals surface area contributed by atoms with E-state index in [9.17, 15) is 4.79 Å². The minimum atomic E-state index is -0.191.